The average Bonchev–Trinajstić information content (AvgIpc) is 3.03. The van der Waals surface area contributed by atoms with Crippen LogP contribution in [0, 0.1) is 0 Å². The van der Waals surface area contributed by atoms with E-state index in [0.29, 0.717) is 36.1 Å². The van der Waals surface area contributed by atoms with Gasteiger partial charge in [0.1, 0.15) is 24.6 Å². The van der Waals surface area contributed by atoms with Crippen molar-refractivity contribution < 1.29 is 19.1 Å². The van der Waals surface area contributed by atoms with Crippen LogP contribution in [-0.2, 0) is 0 Å². The van der Waals surface area contributed by atoms with Gasteiger partial charge < -0.3 is 19.7 Å². The predicted molar refractivity (Wildman–Crippen MR) is 104 cm³/mol. The zero-order valence-corrected chi connectivity index (χ0v) is 15.6. The lowest BCUT2D eigenvalue weighted by molar-refractivity contribution is 0.0755. The van der Waals surface area contributed by atoms with Crippen molar-refractivity contribution in [1.29, 1.82) is 0 Å². The summed E-state index contributed by atoms with van der Waals surface area (Å²) in [5.41, 5.74) is 1.09. The fourth-order valence-corrected chi connectivity index (χ4v) is 3.43. The van der Waals surface area contributed by atoms with E-state index in [-0.39, 0.29) is 17.5 Å². The summed E-state index contributed by atoms with van der Waals surface area (Å²) >= 11 is 0. The molecule has 0 atom stereocenters. The van der Waals surface area contributed by atoms with Crippen molar-refractivity contribution in [2.45, 2.75) is 25.7 Å². The summed E-state index contributed by atoms with van der Waals surface area (Å²) in [6, 6.07) is 10.2. The summed E-state index contributed by atoms with van der Waals surface area (Å²) in [4.78, 5) is 31.5. The minimum Gasteiger partial charge on any atom is -0.486 e. The zero-order chi connectivity index (χ0) is 19.3. The number of nitrogens with zero attached hydrogens (tertiary/aromatic N) is 2. The minimum absolute atomic E-state index is 0.115. The van der Waals surface area contributed by atoms with Crippen LogP contribution in [0.1, 0.15) is 46.7 Å². The predicted octanol–water partition coefficient (Wildman–Crippen LogP) is 3.12. The molecule has 1 aromatic heterocycles. The highest BCUT2D eigenvalue weighted by atomic mass is 16.6. The van der Waals surface area contributed by atoms with Crippen LogP contribution in [0.4, 0.5) is 5.69 Å². The van der Waals surface area contributed by atoms with E-state index in [1.54, 1.807) is 36.4 Å². The van der Waals surface area contributed by atoms with Crippen LogP contribution < -0.4 is 14.8 Å². The molecule has 146 valence electrons. The number of ether oxygens (including phenoxy) is 2. The monoisotopic (exact) mass is 381 g/mol. The number of hydrogen-bond acceptors (Lipinski definition) is 5. The first-order chi connectivity index (χ1) is 13.7. The maximum absolute atomic E-state index is 12.7. The standard InChI is InChI=1S/C21H23N3O4/c25-20(22-15-8-9-18-19(14-15)28-13-12-27-18)16-6-5-7-17(23-16)21(26)24-10-3-1-2-4-11-24/h5-9,14H,1-4,10-13H2,(H,22,25). The molecule has 7 heteroatoms. The molecule has 3 heterocycles. The molecule has 1 N–H and O–H groups in total. The number of pyridine rings is 1. The fourth-order valence-electron chi connectivity index (χ4n) is 3.43. The maximum atomic E-state index is 12.7. The van der Waals surface area contributed by atoms with Crippen molar-refractivity contribution in [3.05, 3.63) is 47.8 Å². The number of benzene rings is 1. The van der Waals surface area contributed by atoms with E-state index in [1.807, 2.05) is 4.90 Å². The Balaban J connectivity index is 1.47. The van der Waals surface area contributed by atoms with Crippen molar-refractivity contribution in [3.63, 3.8) is 0 Å². The average molecular weight is 381 g/mol. The van der Waals surface area contributed by atoms with Crippen molar-refractivity contribution in [2.24, 2.45) is 0 Å². The van der Waals surface area contributed by atoms with Crippen molar-refractivity contribution >= 4 is 17.5 Å². The van der Waals surface area contributed by atoms with Gasteiger partial charge in [-0.15, -0.1) is 0 Å². The van der Waals surface area contributed by atoms with Gasteiger partial charge in [-0.1, -0.05) is 18.9 Å². The van der Waals surface area contributed by atoms with Crippen LogP contribution in [0.25, 0.3) is 0 Å². The summed E-state index contributed by atoms with van der Waals surface area (Å²) in [6.07, 6.45) is 4.32. The van der Waals surface area contributed by atoms with Gasteiger partial charge in [0.25, 0.3) is 11.8 Å². The summed E-state index contributed by atoms with van der Waals surface area (Å²) < 4.78 is 11.0. The van der Waals surface area contributed by atoms with Crippen molar-refractivity contribution in [3.8, 4) is 11.5 Å². The van der Waals surface area contributed by atoms with E-state index in [9.17, 15) is 9.59 Å². The number of aromatic nitrogens is 1. The minimum atomic E-state index is -0.373. The van der Waals surface area contributed by atoms with Crippen LogP contribution in [-0.4, -0.2) is 48.0 Å². The van der Waals surface area contributed by atoms with Crippen LogP contribution in [0.5, 0.6) is 11.5 Å². The second kappa shape index (κ2) is 8.29. The van der Waals surface area contributed by atoms with Crippen molar-refractivity contribution in [2.75, 3.05) is 31.6 Å². The van der Waals surface area contributed by atoms with Crippen LogP contribution >= 0.6 is 0 Å². The molecule has 2 aliphatic rings. The van der Waals surface area contributed by atoms with Gasteiger partial charge in [-0.25, -0.2) is 4.98 Å². The lowest BCUT2D eigenvalue weighted by Gasteiger charge is -2.20. The third-order valence-electron chi connectivity index (χ3n) is 4.89. The molecular weight excluding hydrogens is 358 g/mol. The third-order valence-corrected chi connectivity index (χ3v) is 4.89. The number of nitrogens with one attached hydrogen (secondary N) is 1. The molecule has 0 bridgehead atoms. The molecule has 28 heavy (non-hydrogen) atoms. The number of anilines is 1. The Morgan fingerprint density at radius 2 is 1.61 bits per heavy atom. The van der Waals surface area contributed by atoms with Crippen LogP contribution in [0.2, 0.25) is 0 Å². The highest BCUT2D eigenvalue weighted by Gasteiger charge is 2.20. The molecule has 2 amide bonds. The van der Waals surface area contributed by atoms with Gasteiger partial charge in [0.15, 0.2) is 11.5 Å². The number of likely N-dealkylation sites (tertiary alicyclic amines) is 1. The molecule has 0 unspecified atom stereocenters. The van der Waals surface area contributed by atoms with E-state index >= 15 is 0 Å². The lowest BCUT2D eigenvalue weighted by Crippen LogP contribution is -2.32. The van der Waals surface area contributed by atoms with Gasteiger partial charge in [0.2, 0.25) is 0 Å². The molecule has 7 nitrogen and oxygen atoms in total. The van der Waals surface area contributed by atoms with Gasteiger partial charge >= 0.3 is 0 Å². The van der Waals surface area contributed by atoms with Gasteiger partial charge in [-0.3, -0.25) is 9.59 Å². The highest BCUT2D eigenvalue weighted by molar-refractivity contribution is 6.04. The summed E-state index contributed by atoms with van der Waals surface area (Å²) in [5, 5.41) is 2.80. The Hall–Kier alpha value is -3.09. The Labute approximate surface area is 163 Å². The highest BCUT2D eigenvalue weighted by Crippen LogP contribution is 2.32. The molecule has 2 aromatic rings. The van der Waals surface area contributed by atoms with Crippen LogP contribution in [0.15, 0.2) is 36.4 Å². The third kappa shape index (κ3) is 4.08. The first kappa shape index (κ1) is 18.3. The molecule has 1 saturated heterocycles. The Morgan fingerprint density at radius 1 is 0.893 bits per heavy atom. The van der Waals surface area contributed by atoms with E-state index in [1.165, 1.54) is 0 Å². The first-order valence-electron chi connectivity index (χ1n) is 9.68. The fraction of sp³-hybridized carbons (Fsp3) is 0.381. The van der Waals surface area contributed by atoms with E-state index in [0.717, 1.165) is 38.8 Å². The smallest absolute Gasteiger partial charge is 0.274 e. The molecule has 0 spiro atoms. The summed E-state index contributed by atoms with van der Waals surface area (Å²) in [6.45, 7) is 2.48. The number of fused-ring (bicyclic) bond motifs is 1. The quantitative estimate of drug-likeness (QED) is 0.884. The SMILES string of the molecule is O=C(Nc1ccc2c(c1)OCCO2)c1cccc(C(=O)N2CCCCCC2)n1. The molecule has 2 aliphatic heterocycles. The maximum Gasteiger partial charge on any atom is 0.274 e. The molecule has 0 saturated carbocycles. The molecule has 4 rings (SSSR count). The molecular formula is C21H23N3O4. The Bertz CT molecular complexity index is 876. The molecule has 1 aromatic carbocycles. The van der Waals surface area contributed by atoms with Gasteiger partial charge in [0, 0.05) is 24.8 Å². The van der Waals surface area contributed by atoms with Gasteiger partial charge in [-0.05, 0) is 37.1 Å². The second-order valence-electron chi connectivity index (χ2n) is 6.93. The molecule has 0 aliphatic carbocycles. The topological polar surface area (TPSA) is 80.8 Å². The van der Waals surface area contributed by atoms with E-state index < -0.39 is 0 Å². The van der Waals surface area contributed by atoms with E-state index in [4.69, 9.17) is 9.47 Å². The Kier molecular flexibility index (Phi) is 5.41. The summed E-state index contributed by atoms with van der Waals surface area (Å²) in [7, 11) is 0. The van der Waals surface area contributed by atoms with Crippen molar-refractivity contribution in [1.82, 2.24) is 9.88 Å². The number of carbonyl (C=O) groups excluding carboxylic acids is 2. The normalized spacial score (nSPS) is 16.2. The molecule has 0 radical (unpaired) electrons. The second-order valence-corrected chi connectivity index (χ2v) is 6.93. The van der Waals surface area contributed by atoms with Crippen LogP contribution in [0.3, 0.4) is 0 Å². The first-order valence-corrected chi connectivity index (χ1v) is 9.68. The number of rotatable bonds is 3. The largest absolute Gasteiger partial charge is 0.486 e. The summed E-state index contributed by atoms with van der Waals surface area (Å²) in [5.74, 6) is 0.771. The number of carbonyl (C=O) groups is 2. The van der Waals surface area contributed by atoms with E-state index in [2.05, 4.69) is 10.3 Å². The van der Waals surface area contributed by atoms with Gasteiger partial charge in [0.05, 0.1) is 0 Å². The molecule has 1 fully saturated rings. The van der Waals surface area contributed by atoms with Gasteiger partial charge in [-0.2, -0.15) is 0 Å². The lowest BCUT2D eigenvalue weighted by atomic mass is 10.2. The Morgan fingerprint density at radius 3 is 2.39 bits per heavy atom. The zero-order valence-electron chi connectivity index (χ0n) is 15.6. The number of amides is 2. The number of hydrogen-bond donors (Lipinski definition) is 1.